The van der Waals surface area contributed by atoms with E-state index < -0.39 is 11.8 Å². The molecule has 0 radical (unpaired) electrons. The molecular formula is C20H20FNO2. The second-order valence-electron chi connectivity index (χ2n) is 6.96. The lowest BCUT2D eigenvalue weighted by molar-refractivity contribution is 0.0696. The van der Waals surface area contributed by atoms with Crippen molar-refractivity contribution in [2.24, 2.45) is 5.92 Å². The van der Waals surface area contributed by atoms with Gasteiger partial charge in [-0.3, -0.25) is 0 Å². The molecule has 124 valence electrons. The molecule has 1 fully saturated rings. The molecule has 1 aliphatic carbocycles. The van der Waals surface area contributed by atoms with Crippen LogP contribution in [0.4, 0.5) is 10.1 Å². The highest BCUT2D eigenvalue weighted by Gasteiger charge is 2.41. The van der Waals surface area contributed by atoms with Crippen molar-refractivity contribution in [3.05, 3.63) is 64.5 Å². The lowest BCUT2D eigenvalue weighted by Gasteiger charge is -2.38. The maximum atomic E-state index is 14.6. The van der Waals surface area contributed by atoms with Crippen molar-refractivity contribution in [2.75, 3.05) is 5.32 Å². The molecule has 1 saturated carbocycles. The summed E-state index contributed by atoms with van der Waals surface area (Å²) >= 11 is 0. The minimum absolute atomic E-state index is 0.00828. The van der Waals surface area contributed by atoms with Crippen LogP contribution >= 0.6 is 0 Å². The van der Waals surface area contributed by atoms with Crippen LogP contribution in [0.1, 0.15) is 58.3 Å². The van der Waals surface area contributed by atoms with Gasteiger partial charge in [-0.25, -0.2) is 9.18 Å². The highest BCUT2D eigenvalue weighted by atomic mass is 19.1. The molecule has 2 N–H and O–H groups in total. The summed E-state index contributed by atoms with van der Waals surface area (Å²) in [6.07, 6.45) is 3.35. The fraction of sp³-hybridized carbons (Fsp3) is 0.350. The van der Waals surface area contributed by atoms with E-state index in [1.54, 1.807) is 6.07 Å². The van der Waals surface area contributed by atoms with Crippen molar-refractivity contribution in [2.45, 2.75) is 38.1 Å². The monoisotopic (exact) mass is 325 g/mol. The molecule has 0 spiro atoms. The van der Waals surface area contributed by atoms with E-state index in [1.807, 2.05) is 0 Å². The van der Waals surface area contributed by atoms with E-state index in [0.29, 0.717) is 17.4 Å². The number of hydrogen-bond acceptors (Lipinski definition) is 2. The van der Waals surface area contributed by atoms with Gasteiger partial charge in [0.05, 0.1) is 11.6 Å². The molecule has 0 unspecified atom stereocenters. The molecule has 3 nitrogen and oxygen atoms in total. The first kappa shape index (κ1) is 15.2. The second kappa shape index (κ2) is 5.62. The van der Waals surface area contributed by atoms with Crippen molar-refractivity contribution in [3.63, 3.8) is 0 Å². The Hall–Kier alpha value is -2.36. The van der Waals surface area contributed by atoms with Crippen LogP contribution in [0.5, 0.6) is 0 Å². The Kier molecular flexibility index (Phi) is 3.56. The number of halogens is 1. The Morgan fingerprint density at radius 3 is 2.75 bits per heavy atom. The van der Waals surface area contributed by atoms with Crippen LogP contribution in [0, 0.1) is 18.7 Å². The summed E-state index contributed by atoms with van der Waals surface area (Å²) in [5, 5.41) is 12.5. The average Bonchev–Trinajstić information content (AvgIpc) is 3.04. The fourth-order valence-electron chi connectivity index (χ4n) is 4.39. The van der Waals surface area contributed by atoms with Crippen molar-refractivity contribution >= 4 is 11.7 Å². The van der Waals surface area contributed by atoms with E-state index in [1.165, 1.54) is 17.2 Å². The van der Waals surface area contributed by atoms with E-state index in [9.17, 15) is 9.18 Å². The zero-order chi connectivity index (χ0) is 16.8. The van der Waals surface area contributed by atoms with Crippen molar-refractivity contribution in [1.82, 2.24) is 0 Å². The Morgan fingerprint density at radius 1 is 1.17 bits per heavy atom. The summed E-state index contributed by atoms with van der Waals surface area (Å²) in [7, 11) is 0. The summed E-state index contributed by atoms with van der Waals surface area (Å²) in [5.41, 5.74) is 4.23. The van der Waals surface area contributed by atoms with Crippen molar-refractivity contribution < 1.29 is 14.3 Å². The number of anilines is 1. The smallest absolute Gasteiger partial charge is 0.335 e. The Balaban J connectivity index is 1.77. The first-order valence-electron chi connectivity index (χ1n) is 8.44. The summed E-state index contributed by atoms with van der Waals surface area (Å²) in [4.78, 5) is 11.0. The average molecular weight is 325 g/mol. The second-order valence-corrected chi connectivity index (χ2v) is 6.96. The van der Waals surface area contributed by atoms with E-state index in [0.717, 1.165) is 31.0 Å². The first-order chi connectivity index (χ1) is 11.5. The largest absolute Gasteiger partial charge is 0.478 e. The van der Waals surface area contributed by atoms with Crippen LogP contribution in [0.15, 0.2) is 36.4 Å². The highest BCUT2D eigenvalue weighted by molar-refractivity contribution is 5.87. The fourth-order valence-corrected chi connectivity index (χ4v) is 4.39. The van der Waals surface area contributed by atoms with Gasteiger partial charge >= 0.3 is 5.97 Å². The Morgan fingerprint density at radius 2 is 2.00 bits per heavy atom. The number of carboxylic acids is 1. The topological polar surface area (TPSA) is 49.3 Å². The summed E-state index contributed by atoms with van der Waals surface area (Å²) in [6, 6.07) is 10.6. The van der Waals surface area contributed by atoms with Gasteiger partial charge in [0.2, 0.25) is 0 Å². The maximum absolute atomic E-state index is 14.6. The van der Waals surface area contributed by atoms with Crippen LogP contribution < -0.4 is 5.32 Å². The Labute approximate surface area is 140 Å². The lowest BCUT2D eigenvalue weighted by atomic mass is 9.77. The number of fused-ring (bicyclic) bond motifs is 3. The molecule has 0 aromatic heterocycles. The van der Waals surface area contributed by atoms with E-state index in [-0.39, 0.29) is 11.6 Å². The summed E-state index contributed by atoms with van der Waals surface area (Å²) < 4.78 is 14.6. The van der Waals surface area contributed by atoms with Gasteiger partial charge in [-0.15, -0.1) is 0 Å². The zero-order valence-electron chi connectivity index (χ0n) is 13.6. The SMILES string of the molecule is Cc1ccc2c(c1)[C@@H]1CCC[C@@H]1[C@H](c1ccc(C(=O)O)cc1F)N2. The minimum Gasteiger partial charge on any atom is -0.478 e. The zero-order valence-corrected chi connectivity index (χ0v) is 13.6. The number of aryl methyl sites for hydroxylation is 1. The summed E-state index contributed by atoms with van der Waals surface area (Å²) in [5.74, 6) is -0.737. The van der Waals surface area contributed by atoms with Crippen LogP contribution in [0.2, 0.25) is 0 Å². The lowest BCUT2D eigenvalue weighted by Crippen LogP contribution is -2.29. The summed E-state index contributed by atoms with van der Waals surface area (Å²) in [6.45, 7) is 2.10. The molecule has 2 aliphatic rings. The van der Waals surface area contributed by atoms with Crippen molar-refractivity contribution in [1.29, 1.82) is 0 Å². The molecule has 0 amide bonds. The predicted molar refractivity (Wildman–Crippen MR) is 91.0 cm³/mol. The molecule has 4 heteroatoms. The van der Waals surface area contributed by atoms with Gasteiger partial charge in [0.1, 0.15) is 5.82 Å². The van der Waals surface area contributed by atoms with Crippen LogP contribution in [-0.2, 0) is 0 Å². The minimum atomic E-state index is -1.10. The third-order valence-electron chi connectivity index (χ3n) is 5.50. The predicted octanol–water partition coefficient (Wildman–Crippen LogP) is 4.88. The first-order valence-corrected chi connectivity index (χ1v) is 8.44. The van der Waals surface area contributed by atoms with Gasteiger partial charge < -0.3 is 10.4 Å². The quantitative estimate of drug-likeness (QED) is 0.827. The van der Waals surface area contributed by atoms with E-state index >= 15 is 0 Å². The maximum Gasteiger partial charge on any atom is 0.335 e. The molecular weight excluding hydrogens is 305 g/mol. The molecule has 0 bridgehead atoms. The van der Waals surface area contributed by atoms with Gasteiger partial charge in [-0.1, -0.05) is 30.2 Å². The van der Waals surface area contributed by atoms with Gasteiger partial charge in [0, 0.05) is 11.3 Å². The molecule has 1 aliphatic heterocycles. The number of benzene rings is 2. The van der Waals surface area contributed by atoms with Gasteiger partial charge in [0.15, 0.2) is 0 Å². The molecule has 3 atom stereocenters. The third-order valence-corrected chi connectivity index (χ3v) is 5.50. The highest BCUT2D eigenvalue weighted by Crippen LogP contribution is 2.53. The molecule has 24 heavy (non-hydrogen) atoms. The van der Waals surface area contributed by atoms with Crippen LogP contribution in [0.25, 0.3) is 0 Å². The molecule has 2 aromatic carbocycles. The number of nitrogens with one attached hydrogen (secondary N) is 1. The molecule has 4 rings (SSSR count). The van der Waals surface area contributed by atoms with E-state index in [4.69, 9.17) is 5.11 Å². The number of carboxylic acid groups (broad SMARTS) is 1. The normalized spacial score (nSPS) is 24.8. The molecule has 0 saturated heterocycles. The van der Waals surface area contributed by atoms with Gasteiger partial charge in [-0.05, 0) is 55.4 Å². The number of hydrogen-bond donors (Lipinski definition) is 2. The Bertz CT molecular complexity index is 817. The van der Waals surface area contributed by atoms with Gasteiger partial charge in [-0.2, -0.15) is 0 Å². The number of rotatable bonds is 2. The third kappa shape index (κ3) is 2.37. The van der Waals surface area contributed by atoms with Crippen LogP contribution in [0.3, 0.4) is 0 Å². The number of carbonyl (C=O) groups is 1. The van der Waals surface area contributed by atoms with Crippen molar-refractivity contribution in [3.8, 4) is 0 Å². The molecule has 2 aromatic rings. The van der Waals surface area contributed by atoms with Crippen LogP contribution in [-0.4, -0.2) is 11.1 Å². The standard InChI is InChI=1S/C20H20FNO2/c1-11-5-8-18-16(9-11)13-3-2-4-14(13)19(22-18)15-7-6-12(20(23)24)10-17(15)21/h5-10,13-14,19,22H,2-4H2,1H3,(H,23,24)/t13-,14+,19-/m1/s1. The molecule has 1 heterocycles. The van der Waals surface area contributed by atoms with Gasteiger partial charge in [0.25, 0.3) is 0 Å². The number of aromatic carboxylic acids is 1. The van der Waals surface area contributed by atoms with E-state index in [2.05, 4.69) is 30.4 Å².